The summed E-state index contributed by atoms with van der Waals surface area (Å²) in [5.74, 6) is 0.0754. The first kappa shape index (κ1) is 24.6. The zero-order chi connectivity index (χ0) is 26.0. The number of anilines is 2. The third kappa shape index (κ3) is 5.67. The Kier molecular flexibility index (Phi) is 6.71. The zero-order valence-electron chi connectivity index (χ0n) is 21.0. The minimum absolute atomic E-state index is 0.297. The van der Waals surface area contributed by atoms with Crippen molar-refractivity contribution in [3.05, 3.63) is 66.9 Å². The number of amides is 1. The molecule has 2 aromatic carbocycles. The van der Waals surface area contributed by atoms with Gasteiger partial charge in [-0.1, -0.05) is 12.1 Å². The van der Waals surface area contributed by atoms with Gasteiger partial charge in [0, 0.05) is 30.2 Å². The molecule has 1 N–H and O–H groups in total. The lowest BCUT2D eigenvalue weighted by atomic mass is 10.0. The van der Waals surface area contributed by atoms with E-state index in [-0.39, 0.29) is 5.82 Å². The quantitative estimate of drug-likeness (QED) is 0.385. The van der Waals surface area contributed by atoms with Crippen molar-refractivity contribution >= 4 is 28.5 Å². The molecule has 1 amide bonds. The number of hydrogen-bond acceptors (Lipinski definition) is 7. The SMILES string of the molecule is CC(C)(C)OC(=O)Nc1cc(-c2ccc3ncnc(-c4ccc(N5CCOCC5)c(F)c4)c3c2)ccn1. The number of fused-ring (bicyclic) bond motifs is 1. The highest BCUT2D eigenvalue weighted by atomic mass is 19.1. The molecule has 5 rings (SSSR count). The van der Waals surface area contributed by atoms with Crippen molar-refractivity contribution < 1.29 is 18.7 Å². The maximum atomic E-state index is 15.1. The van der Waals surface area contributed by atoms with E-state index in [0.29, 0.717) is 49.1 Å². The van der Waals surface area contributed by atoms with Crippen molar-refractivity contribution in [3.8, 4) is 22.4 Å². The highest BCUT2D eigenvalue weighted by molar-refractivity contribution is 5.95. The normalized spacial score (nSPS) is 14.0. The molecule has 2 aromatic heterocycles. The molecule has 1 fully saturated rings. The van der Waals surface area contributed by atoms with E-state index in [1.807, 2.05) is 35.2 Å². The number of pyridine rings is 1. The van der Waals surface area contributed by atoms with Gasteiger partial charge in [0.05, 0.1) is 30.1 Å². The van der Waals surface area contributed by atoms with Gasteiger partial charge in [-0.3, -0.25) is 5.32 Å². The van der Waals surface area contributed by atoms with Crippen molar-refractivity contribution in [2.45, 2.75) is 26.4 Å². The fourth-order valence-corrected chi connectivity index (χ4v) is 4.27. The van der Waals surface area contributed by atoms with Crippen LogP contribution in [0.2, 0.25) is 0 Å². The van der Waals surface area contributed by atoms with E-state index in [2.05, 4.69) is 20.3 Å². The summed E-state index contributed by atoms with van der Waals surface area (Å²) in [6.07, 6.45) is 2.53. The number of nitrogens with one attached hydrogen (secondary N) is 1. The van der Waals surface area contributed by atoms with Crippen molar-refractivity contribution in [1.82, 2.24) is 15.0 Å². The molecule has 4 aromatic rings. The molecule has 0 unspecified atom stereocenters. The van der Waals surface area contributed by atoms with Crippen LogP contribution in [-0.2, 0) is 9.47 Å². The Morgan fingerprint density at radius 3 is 2.49 bits per heavy atom. The van der Waals surface area contributed by atoms with Crippen LogP contribution >= 0.6 is 0 Å². The van der Waals surface area contributed by atoms with Crippen LogP contribution in [0.4, 0.5) is 20.7 Å². The maximum Gasteiger partial charge on any atom is 0.413 e. The molecule has 0 radical (unpaired) electrons. The van der Waals surface area contributed by atoms with E-state index >= 15 is 4.39 Å². The van der Waals surface area contributed by atoms with Crippen LogP contribution in [0, 0.1) is 5.82 Å². The second-order valence-corrected chi connectivity index (χ2v) is 9.78. The summed E-state index contributed by atoms with van der Waals surface area (Å²) < 4.78 is 25.8. The van der Waals surface area contributed by atoms with Gasteiger partial charge in [0.25, 0.3) is 0 Å². The van der Waals surface area contributed by atoms with E-state index in [0.717, 1.165) is 22.0 Å². The summed E-state index contributed by atoms with van der Waals surface area (Å²) in [6.45, 7) is 7.89. The first-order valence-electron chi connectivity index (χ1n) is 12.1. The molecule has 0 bridgehead atoms. The lowest BCUT2D eigenvalue weighted by Crippen LogP contribution is -2.36. The molecule has 190 valence electrons. The smallest absolute Gasteiger partial charge is 0.413 e. The van der Waals surface area contributed by atoms with Gasteiger partial charge in [0.1, 0.15) is 23.6 Å². The van der Waals surface area contributed by atoms with Crippen LogP contribution in [0.5, 0.6) is 0 Å². The monoisotopic (exact) mass is 501 g/mol. The molecule has 0 aliphatic carbocycles. The molecule has 8 nitrogen and oxygen atoms in total. The molecule has 0 saturated carbocycles. The Bertz CT molecular complexity index is 1450. The van der Waals surface area contributed by atoms with Crippen LogP contribution in [0.25, 0.3) is 33.3 Å². The Morgan fingerprint density at radius 2 is 1.73 bits per heavy atom. The number of rotatable bonds is 4. The van der Waals surface area contributed by atoms with Crippen LogP contribution in [-0.4, -0.2) is 52.9 Å². The van der Waals surface area contributed by atoms with E-state index in [4.69, 9.17) is 9.47 Å². The second-order valence-electron chi connectivity index (χ2n) is 9.78. The largest absolute Gasteiger partial charge is 0.444 e. The topological polar surface area (TPSA) is 89.5 Å². The molecule has 1 aliphatic rings. The summed E-state index contributed by atoms with van der Waals surface area (Å²) in [6, 6.07) is 14.6. The summed E-state index contributed by atoms with van der Waals surface area (Å²) in [5, 5.41) is 3.46. The van der Waals surface area contributed by atoms with E-state index in [9.17, 15) is 4.79 Å². The predicted molar refractivity (Wildman–Crippen MR) is 141 cm³/mol. The van der Waals surface area contributed by atoms with E-state index < -0.39 is 11.7 Å². The Balaban J connectivity index is 1.47. The van der Waals surface area contributed by atoms with Crippen molar-refractivity contribution in [3.63, 3.8) is 0 Å². The summed E-state index contributed by atoms with van der Waals surface area (Å²) in [4.78, 5) is 27.3. The first-order valence-corrected chi connectivity index (χ1v) is 12.1. The molecule has 0 spiro atoms. The average molecular weight is 502 g/mol. The lowest BCUT2D eigenvalue weighted by molar-refractivity contribution is 0.0635. The highest BCUT2D eigenvalue weighted by Gasteiger charge is 2.18. The summed E-state index contributed by atoms with van der Waals surface area (Å²) in [5.41, 5.74) is 3.72. The number of ether oxygens (including phenoxy) is 2. The minimum atomic E-state index is -0.615. The van der Waals surface area contributed by atoms with E-state index in [1.54, 1.807) is 39.1 Å². The van der Waals surface area contributed by atoms with Crippen LogP contribution in [0.3, 0.4) is 0 Å². The summed E-state index contributed by atoms with van der Waals surface area (Å²) in [7, 11) is 0. The predicted octanol–water partition coefficient (Wildman–Crippen LogP) is 5.68. The van der Waals surface area contributed by atoms with Gasteiger partial charge < -0.3 is 14.4 Å². The fraction of sp³-hybridized carbons (Fsp3) is 0.286. The van der Waals surface area contributed by atoms with Gasteiger partial charge in [-0.2, -0.15) is 0 Å². The molecule has 1 saturated heterocycles. The molecule has 1 aliphatic heterocycles. The lowest BCUT2D eigenvalue weighted by Gasteiger charge is -2.29. The fourth-order valence-electron chi connectivity index (χ4n) is 4.27. The second kappa shape index (κ2) is 10.1. The third-order valence-electron chi connectivity index (χ3n) is 5.93. The number of nitrogens with zero attached hydrogens (tertiary/aromatic N) is 4. The zero-order valence-corrected chi connectivity index (χ0v) is 21.0. The third-order valence-corrected chi connectivity index (χ3v) is 5.93. The summed E-state index contributed by atoms with van der Waals surface area (Å²) >= 11 is 0. The standard InChI is InChI=1S/C28H28FN5O3/c1-28(2,3)37-27(35)33-25-16-19(8-9-30-25)18-4-6-23-21(14-18)26(32-17-31-23)20-5-7-24(22(29)15-20)34-10-12-36-13-11-34/h4-9,14-17H,10-13H2,1-3H3,(H,30,33,35). The van der Waals surface area contributed by atoms with E-state index in [1.165, 1.54) is 12.4 Å². The molecular formula is C28H28FN5O3. The van der Waals surface area contributed by atoms with Crippen LogP contribution < -0.4 is 10.2 Å². The maximum absolute atomic E-state index is 15.1. The Morgan fingerprint density at radius 1 is 0.973 bits per heavy atom. The van der Waals surface area contributed by atoms with Gasteiger partial charge in [0.2, 0.25) is 0 Å². The average Bonchev–Trinajstić information content (AvgIpc) is 2.87. The van der Waals surface area contributed by atoms with Gasteiger partial charge in [-0.05, 0) is 68.3 Å². The van der Waals surface area contributed by atoms with Crippen molar-refractivity contribution in [1.29, 1.82) is 0 Å². The number of aromatic nitrogens is 3. The molecule has 0 atom stereocenters. The van der Waals surface area contributed by atoms with Crippen LogP contribution in [0.15, 0.2) is 61.1 Å². The Labute approximate surface area is 214 Å². The number of halogens is 1. The van der Waals surface area contributed by atoms with Gasteiger partial charge in [-0.25, -0.2) is 24.1 Å². The highest BCUT2D eigenvalue weighted by Crippen LogP contribution is 2.32. The molecule has 37 heavy (non-hydrogen) atoms. The van der Waals surface area contributed by atoms with Gasteiger partial charge >= 0.3 is 6.09 Å². The number of benzene rings is 2. The Hall–Kier alpha value is -4.11. The molecule has 9 heteroatoms. The van der Waals surface area contributed by atoms with Crippen molar-refractivity contribution in [2.75, 3.05) is 36.5 Å². The van der Waals surface area contributed by atoms with Gasteiger partial charge in [-0.15, -0.1) is 0 Å². The number of hydrogen-bond donors (Lipinski definition) is 1. The van der Waals surface area contributed by atoms with Gasteiger partial charge in [0.15, 0.2) is 0 Å². The number of carbonyl (C=O) groups is 1. The van der Waals surface area contributed by atoms with Crippen LogP contribution in [0.1, 0.15) is 20.8 Å². The molecular weight excluding hydrogens is 473 g/mol. The van der Waals surface area contributed by atoms with Crippen molar-refractivity contribution in [2.24, 2.45) is 0 Å². The molecule has 3 heterocycles. The first-order chi connectivity index (χ1) is 17.8. The number of carbonyl (C=O) groups excluding carboxylic acids is 1. The number of morpholine rings is 1. The minimum Gasteiger partial charge on any atom is -0.444 e.